The van der Waals surface area contributed by atoms with E-state index < -0.39 is 0 Å². The summed E-state index contributed by atoms with van der Waals surface area (Å²) in [4.78, 5) is 3.02. The van der Waals surface area contributed by atoms with Gasteiger partial charge in [-0.15, -0.1) is 0 Å². The van der Waals surface area contributed by atoms with Gasteiger partial charge in [0.1, 0.15) is 5.82 Å². The third kappa shape index (κ3) is 2.20. The van der Waals surface area contributed by atoms with Crippen molar-refractivity contribution in [2.75, 3.05) is 5.73 Å². The van der Waals surface area contributed by atoms with Gasteiger partial charge < -0.3 is 10.7 Å². The van der Waals surface area contributed by atoms with Crippen molar-refractivity contribution < 1.29 is 0 Å². The summed E-state index contributed by atoms with van der Waals surface area (Å²) >= 11 is 6.18. The highest BCUT2D eigenvalue weighted by molar-refractivity contribution is 6.50. The summed E-state index contributed by atoms with van der Waals surface area (Å²) < 4.78 is 0. The Hall–Kier alpha value is -1.15. The minimum atomic E-state index is 0.622. The summed E-state index contributed by atoms with van der Waals surface area (Å²) in [7, 11) is 0. The van der Waals surface area contributed by atoms with Crippen molar-refractivity contribution >= 4 is 22.5 Å². The van der Waals surface area contributed by atoms with Gasteiger partial charge in [0, 0.05) is 11.3 Å². The maximum absolute atomic E-state index is 6.18. The van der Waals surface area contributed by atoms with Gasteiger partial charge in [-0.2, -0.15) is 0 Å². The lowest BCUT2D eigenvalue weighted by atomic mass is 10.2. The van der Waals surface area contributed by atoms with E-state index in [1.165, 1.54) is 0 Å². The van der Waals surface area contributed by atoms with Crippen LogP contribution in [0.4, 0.5) is 5.82 Å². The lowest BCUT2D eigenvalue weighted by Crippen LogP contribution is -1.89. The average Bonchev–Trinajstić information content (AvgIpc) is 2.44. The van der Waals surface area contributed by atoms with E-state index in [1.54, 1.807) is 0 Å². The number of allylic oxidation sites excluding steroid dienone is 3. The van der Waals surface area contributed by atoms with Crippen LogP contribution in [0.1, 0.15) is 25.1 Å². The van der Waals surface area contributed by atoms with Crippen LogP contribution < -0.4 is 5.73 Å². The Bertz CT molecular complexity index is 386. The Morgan fingerprint density at radius 3 is 2.64 bits per heavy atom. The number of anilines is 1. The van der Waals surface area contributed by atoms with Gasteiger partial charge in [-0.25, -0.2) is 0 Å². The first-order chi connectivity index (χ1) is 6.56. The van der Waals surface area contributed by atoms with Gasteiger partial charge in [-0.05, 0) is 32.4 Å². The molecule has 0 saturated carbocycles. The van der Waals surface area contributed by atoms with Crippen molar-refractivity contribution in [3.8, 4) is 0 Å². The van der Waals surface area contributed by atoms with E-state index in [2.05, 4.69) is 4.98 Å². The highest BCUT2D eigenvalue weighted by Crippen LogP contribution is 2.28. The highest BCUT2D eigenvalue weighted by Gasteiger charge is 2.07. The molecule has 76 valence electrons. The first-order valence-corrected chi connectivity index (χ1v) is 4.88. The van der Waals surface area contributed by atoms with Gasteiger partial charge in [0.25, 0.3) is 0 Å². The van der Waals surface area contributed by atoms with Crippen molar-refractivity contribution in [2.45, 2.75) is 20.8 Å². The first kappa shape index (κ1) is 10.9. The Morgan fingerprint density at radius 1 is 1.57 bits per heavy atom. The number of rotatable bonds is 2. The van der Waals surface area contributed by atoms with Crippen molar-refractivity contribution in [3.05, 3.63) is 35.0 Å². The third-order valence-electron chi connectivity index (χ3n) is 1.98. The number of aryl methyl sites for hydroxylation is 1. The fraction of sp³-hybridized carbons (Fsp3) is 0.273. The molecule has 0 aliphatic heterocycles. The fourth-order valence-electron chi connectivity index (χ4n) is 1.33. The van der Waals surface area contributed by atoms with Crippen LogP contribution in [-0.2, 0) is 0 Å². The molecule has 0 aliphatic rings. The smallest absolute Gasteiger partial charge is 0.109 e. The predicted molar refractivity (Wildman–Crippen MR) is 63.2 cm³/mol. The number of aromatic nitrogens is 1. The number of nitrogens with one attached hydrogen (secondary N) is 1. The standard InChI is InChI=1S/C11H15ClN2/c1-4-5-7(2)10(12)9-6-8(3)14-11(9)13/h4-6,14H,13H2,1-3H3/b5-4-,10-7+. The quantitative estimate of drug-likeness (QED) is 0.722. The molecule has 0 aromatic carbocycles. The second-order valence-electron chi connectivity index (χ2n) is 3.28. The molecule has 1 aromatic rings. The number of aromatic amines is 1. The summed E-state index contributed by atoms with van der Waals surface area (Å²) in [5, 5.41) is 0.699. The zero-order valence-electron chi connectivity index (χ0n) is 8.69. The number of hydrogen-bond acceptors (Lipinski definition) is 1. The second-order valence-corrected chi connectivity index (χ2v) is 3.65. The monoisotopic (exact) mass is 210 g/mol. The summed E-state index contributed by atoms with van der Waals surface area (Å²) in [6.45, 7) is 5.87. The number of nitrogen functional groups attached to an aromatic ring is 1. The van der Waals surface area contributed by atoms with Crippen LogP contribution >= 0.6 is 11.6 Å². The van der Waals surface area contributed by atoms with Gasteiger partial charge in [-0.3, -0.25) is 0 Å². The minimum Gasteiger partial charge on any atom is -0.385 e. The van der Waals surface area contributed by atoms with E-state index in [0.717, 1.165) is 16.8 Å². The molecule has 0 radical (unpaired) electrons. The maximum atomic E-state index is 6.18. The molecule has 0 unspecified atom stereocenters. The van der Waals surface area contributed by atoms with Crippen LogP contribution in [0.5, 0.6) is 0 Å². The van der Waals surface area contributed by atoms with Crippen LogP contribution in [0.2, 0.25) is 0 Å². The highest BCUT2D eigenvalue weighted by atomic mass is 35.5. The molecule has 0 atom stereocenters. The minimum absolute atomic E-state index is 0.622. The summed E-state index contributed by atoms with van der Waals surface area (Å²) in [6.07, 6.45) is 3.91. The fourth-order valence-corrected chi connectivity index (χ4v) is 1.55. The first-order valence-electron chi connectivity index (χ1n) is 4.50. The summed E-state index contributed by atoms with van der Waals surface area (Å²) in [5.41, 5.74) is 8.68. The largest absolute Gasteiger partial charge is 0.385 e. The van der Waals surface area contributed by atoms with Crippen molar-refractivity contribution in [1.82, 2.24) is 4.98 Å². The Kier molecular flexibility index (Phi) is 3.42. The number of halogens is 1. The zero-order chi connectivity index (χ0) is 10.7. The molecule has 0 aliphatic carbocycles. The van der Waals surface area contributed by atoms with E-state index in [1.807, 2.05) is 39.0 Å². The molecule has 1 aromatic heterocycles. The van der Waals surface area contributed by atoms with Crippen LogP contribution in [-0.4, -0.2) is 4.98 Å². The summed E-state index contributed by atoms with van der Waals surface area (Å²) in [5.74, 6) is 0.622. The molecule has 0 bridgehead atoms. The zero-order valence-corrected chi connectivity index (χ0v) is 9.44. The molecule has 0 spiro atoms. The predicted octanol–water partition coefficient (Wildman–Crippen LogP) is 3.45. The molecular formula is C11H15ClN2. The van der Waals surface area contributed by atoms with Crippen LogP contribution in [0.25, 0.3) is 5.03 Å². The van der Waals surface area contributed by atoms with Crippen LogP contribution in [0, 0.1) is 6.92 Å². The second kappa shape index (κ2) is 4.38. The SMILES string of the molecule is C/C=C\C(C)=C(\Cl)c1cc(C)[nH]c1N. The molecule has 0 amide bonds. The average molecular weight is 211 g/mol. The molecule has 2 nitrogen and oxygen atoms in total. The van der Waals surface area contributed by atoms with E-state index in [-0.39, 0.29) is 0 Å². The number of nitrogens with two attached hydrogens (primary N) is 1. The Morgan fingerprint density at radius 2 is 2.21 bits per heavy atom. The molecular weight excluding hydrogens is 196 g/mol. The van der Waals surface area contributed by atoms with Crippen molar-refractivity contribution in [3.63, 3.8) is 0 Å². The van der Waals surface area contributed by atoms with Crippen molar-refractivity contribution in [2.24, 2.45) is 0 Å². The van der Waals surface area contributed by atoms with E-state index in [0.29, 0.717) is 10.9 Å². The van der Waals surface area contributed by atoms with Gasteiger partial charge in [0.2, 0.25) is 0 Å². The number of H-pyrrole nitrogens is 1. The molecule has 3 heteroatoms. The third-order valence-corrected chi connectivity index (χ3v) is 2.48. The van der Waals surface area contributed by atoms with Crippen LogP contribution in [0.15, 0.2) is 23.8 Å². The lowest BCUT2D eigenvalue weighted by Gasteiger charge is -2.00. The molecule has 0 fully saturated rings. The van der Waals surface area contributed by atoms with Gasteiger partial charge in [-0.1, -0.05) is 23.8 Å². The molecule has 14 heavy (non-hydrogen) atoms. The normalized spacial score (nSPS) is 13.4. The van der Waals surface area contributed by atoms with Gasteiger partial charge in [0.05, 0.1) is 5.03 Å². The summed E-state index contributed by atoms with van der Waals surface area (Å²) in [6, 6.07) is 1.95. The Balaban J connectivity index is 3.17. The lowest BCUT2D eigenvalue weighted by molar-refractivity contribution is 1.27. The van der Waals surface area contributed by atoms with Gasteiger partial charge >= 0.3 is 0 Å². The Labute approximate surface area is 89.5 Å². The van der Waals surface area contributed by atoms with E-state index in [9.17, 15) is 0 Å². The maximum Gasteiger partial charge on any atom is 0.109 e. The number of hydrogen-bond donors (Lipinski definition) is 2. The molecule has 1 rings (SSSR count). The van der Waals surface area contributed by atoms with Gasteiger partial charge in [0.15, 0.2) is 0 Å². The molecule has 3 N–H and O–H groups in total. The van der Waals surface area contributed by atoms with E-state index >= 15 is 0 Å². The molecule has 1 heterocycles. The van der Waals surface area contributed by atoms with Crippen LogP contribution in [0.3, 0.4) is 0 Å². The topological polar surface area (TPSA) is 41.8 Å². The van der Waals surface area contributed by atoms with Crippen molar-refractivity contribution in [1.29, 1.82) is 0 Å². The van der Waals surface area contributed by atoms with E-state index in [4.69, 9.17) is 17.3 Å². The molecule has 0 saturated heterocycles.